The maximum Gasteiger partial charge on any atom is 0.271 e. The Morgan fingerprint density at radius 2 is 1.93 bits per heavy atom. The summed E-state index contributed by atoms with van der Waals surface area (Å²) in [5, 5.41) is 2.86. The van der Waals surface area contributed by atoms with Crippen molar-refractivity contribution in [3.05, 3.63) is 102 Å². The van der Waals surface area contributed by atoms with Gasteiger partial charge in [0, 0.05) is 24.5 Å². The van der Waals surface area contributed by atoms with E-state index in [4.69, 9.17) is 4.74 Å². The first-order valence-corrected chi connectivity index (χ1v) is 8.86. The molecule has 0 saturated heterocycles. The first-order chi connectivity index (χ1) is 13.7. The van der Waals surface area contributed by atoms with E-state index in [1.165, 1.54) is 6.07 Å². The van der Waals surface area contributed by atoms with Gasteiger partial charge in [0.2, 0.25) is 0 Å². The van der Waals surface area contributed by atoms with Crippen LogP contribution >= 0.6 is 0 Å². The summed E-state index contributed by atoms with van der Waals surface area (Å²) in [6.45, 7) is 0.480. The van der Waals surface area contributed by atoms with Crippen molar-refractivity contribution in [2.75, 3.05) is 0 Å². The molecule has 2 aromatic carbocycles. The molecule has 4 rings (SSSR count). The zero-order chi connectivity index (χ0) is 19.3. The molecule has 28 heavy (non-hydrogen) atoms. The number of ether oxygens (including phenoxy) is 1. The zero-order valence-corrected chi connectivity index (χ0v) is 15.0. The van der Waals surface area contributed by atoms with E-state index >= 15 is 0 Å². The third kappa shape index (κ3) is 4.01. The van der Waals surface area contributed by atoms with E-state index in [1.54, 1.807) is 34.9 Å². The number of carbonyl (C=O) groups excluding carboxylic acids is 1. The lowest BCUT2D eigenvalue weighted by atomic mass is 10.2. The molecular weight excluding hydrogens is 357 g/mol. The predicted octanol–water partition coefficient (Wildman–Crippen LogP) is 3.98. The second-order valence-electron chi connectivity index (χ2n) is 6.30. The standard InChI is InChI=1S/C22H18FN3O2/c23-19-9-2-1-7-17(19)15-28-18-8-5-6-16(12-18)13-24-22(27)20-14-26-11-4-3-10-21(26)25-20/h1-12,14H,13,15H2,(H,24,27). The maximum atomic E-state index is 13.7. The predicted molar refractivity (Wildman–Crippen MR) is 104 cm³/mol. The van der Waals surface area contributed by atoms with Gasteiger partial charge >= 0.3 is 0 Å². The van der Waals surface area contributed by atoms with Gasteiger partial charge in [0.1, 0.15) is 29.5 Å². The zero-order valence-electron chi connectivity index (χ0n) is 15.0. The van der Waals surface area contributed by atoms with Crippen LogP contribution in [0, 0.1) is 5.82 Å². The fourth-order valence-corrected chi connectivity index (χ4v) is 2.84. The van der Waals surface area contributed by atoms with E-state index in [9.17, 15) is 9.18 Å². The summed E-state index contributed by atoms with van der Waals surface area (Å²) < 4.78 is 21.2. The molecule has 2 aromatic heterocycles. The van der Waals surface area contributed by atoms with Gasteiger partial charge in [-0.1, -0.05) is 36.4 Å². The fraction of sp³-hybridized carbons (Fsp3) is 0.0909. The highest BCUT2D eigenvalue weighted by Crippen LogP contribution is 2.16. The van der Waals surface area contributed by atoms with Gasteiger partial charge in [-0.25, -0.2) is 9.37 Å². The minimum absolute atomic E-state index is 0.143. The monoisotopic (exact) mass is 375 g/mol. The topological polar surface area (TPSA) is 55.6 Å². The van der Waals surface area contributed by atoms with Crippen LogP contribution in [0.25, 0.3) is 5.65 Å². The second kappa shape index (κ2) is 7.92. The van der Waals surface area contributed by atoms with E-state index in [-0.39, 0.29) is 18.3 Å². The Hall–Kier alpha value is -3.67. The van der Waals surface area contributed by atoms with E-state index in [2.05, 4.69) is 10.3 Å². The van der Waals surface area contributed by atoms with Crippen LogP contribution in [0.5, 0.6) is 5.75 Å². The number of carbonyl (C=O) groups is 1. The van der Waals surface area contributed by atoms with Crippen molar-refractivity contribution in [1.29, 1.82) is 0 Å². The van der Waals surface area contributed by atoms with Crippen LogP contribution in [0.15, 0.2) is 79.1 Å². The number of halogens is 1. The quantitative estimate of drug-likeness (QED) is 0.555. The average molecular weight is 375 g/mol. The smallest absolute Gasteiger partial charge is 0.271 e. The molecule has 0 aliphatic carbocycles. The van der Waals surface area contributed by atoms with Gasteiger partial charge in [-0.2, -0.15) is 0 Å². The number of pyridine rings is 1. The third-order valence-electron chi connectivity index (χ3n) is 4.30. The van der Waals surface area contributed by atoms with E-state index in [0.717, 1.165) is 11.2 Å². The molecule has 0 unspecified atom stereocenters. The lowest BCUT2D eigenvalue weighted by Crippen LogP contribution is -2.23. The summed E-state index contributed by atoms with van der Waals surface area (Å²) in [6, 6.07) is 19.5. The normalized spacial score (nSPS) is 10.8. The van der Waals surface area contributed by atoms with Crippen LogP contribution in [0.2, 0.25) is 0 Å². The minimum atomic E-state index is -0.293. The number of hydrogen-bond donors (Lipinski definition) is 1. The highest BCUT2D eigenvalue weighted by atomic mass is 19.1. The van der Waals surface area contributed by atoms with Gasteiger partial charge in [-0.3, -0.25) is 4.79 Å². The third-order valence-corrected chi connectivity index (χ3v) is 4.30. The van der Waals surface area contributed by atoms with Crippen LogP contribution in [0.1, 0.15) is 21.6 Å². The molecule has 0 radical (unpaired) electrons. The van der Waals surface area contributed by atoms with Crippen LogP contribution < -0.4 is 10.1 Å². The molecule has 2 heterocycles. The Labute approximate surface area is 161 Å². The molecule has 1 N–H and O–H groups in total. The van der Waals surface area contributed by atoms with E-state index in [0.29, 0.717) is 23.6 Å². The first-order valence-electron chi connectivity index (χ1n) is 8.86. The summed E-state index contributed by atoms with van der Waals surface area (Å²) in [5.41, 5.74) is 2.45. The van der Waals surface area contributed by atoms with Gasteiger partial charge in [-0.05, 0) is 35.9 Å². The lowest BCUT2D eigenvalue weighted by Gasteiger charge is -2.09. The Bertz CT molecular complexity index is 1090. The summed E-state index contributed by atoms with van der Waals surface area (Å²) >= 11 is 0. The molecule has 0 aliphatic heterocycles. The number of nitrogens with zero attached hydrogens (tertiary/aromatic N) is 2. The van der Waals surface area contributed by atoms with Gasteiger partial charge in [0.25, 0.3) is 5.91 Å². The summed E-state index contributed by atoms with van der Waals surface area (Å²) in [5.74, 6) is 0.0717. The summed E-state index contributed by atoms with van der Waals surface area (Å²) in [4.78, 5) is 16.7. The molecule has 0 aliphatic rings. The Morgan fingerprint density at radius 1 is 1.07 bits per heavy atom. The van der Waals surface area contributed by atoms with Crippen LogP contribution in [-0.2, 0) is 13.2 Å². The SMILES string of the molecule is O=C(NCc1cccc(OCc2ccccc2F)c1)c1cn2ccccc2n1. The van der Waals surface area contributed by atoms with Crippen molar-refractivity contribution in [3.8, 4) is 5.75 Å². The number of benzene rings is 2. The number of nitrogens with one attached hydrogen (secondary N) is 1. The van der Waals surface area contributed by atoms with Crippen molar-refractivity contribution in [3.63, 3.8) is 0 Å². The number of rotatable bonds is 6. The van der Waals surface area contributed by atoms with Gasteiger partial charge in [-0.15, -0.1) is 0 Å². The average Bonchev–Trinajstić information content (AvgIpc) is 3.16. The van der Waals surface area contributed by atoms with Crippen molar-refractivity contribution >= 4 is 11.6 Å². The van der Waals surface area contributed by atoms with Crippen LogP contribution in [0.4, 0.5) is 4.39 Å². The highest BCUT2D eigenvalue weighted by molar-refractivity contribution is 5.92. The lowest BCUT2D eigenvalue weighted by molar-refractivity contribution is 0.0946. The van der Waals surface area contributed by atoms with Crippen molar-refractivity contribution in [2.45, 2.75) is 13.2 Å². The molecule has 140 valence electrons. The Morgan fingerprint density at radius 3 is 2.79 bits per heavy atom. The molecule has 1 amide bonds. The summed E-state index contributed by atoms with van der Waals surface area (Å²) in [7, 11) is 0. The largest absolute Gasteiger partial charge is 0.489 e. The molecule has 4 aromatic rings. The molecule has 6 heteroatoms. The number of hydrogen-bond acceptors (Lipinski definition) is 3. The minimum Gasteiger partial charge on any atom is -0.489 e. The van der Waals surface area contributed by atoms with Gasteiger partial charge < -0.3 is 14.5 Å². The Balaban J connectivity index is 1.38. The number of amides is 1. The van der Waals surface area contributed by atoms with Crippen molar-refractivity contribution < 1.29 is 13.9 Å². The maximum absolute atomic E-state index is 13.7. The number of imidazole rings is 1. The molecule has 0 fully saturated rings. The van der Waals surface area contributed by atoms with Gasteiger partial charge in [0.05, 0.1) is 0 Å². The molecule has 5 nitrogen and oxygen atoms in total. The van der Waals surface area contributed by atoms with Crippen molar-refractivity contribution in [2.24, 2.45) is 0 Å². The molecule has 0 saturated carbocycles. The van der Waals surface area contributed by atoms with Crippen LogP contribution in [0.3, 0.4) is 0 Å². The van der Waals surface area contributed by atoms with Gasteiger partial charge in [0.15, 0.2) is 0 Å². The molecular formula is C22H18FN3O2. The highest BCUT2D eigenvalue weighted by Gasteiger charge is 2.10. The van der Waals surface area contributed by atoms with Crippen molar-refractivity contribution in [1.82, 2.24) is 14.7 Å². The first kappa shape index (κ1) is 17.7. The summed E-state index contributed by atoms with van der Waals surface area (Å²) in [6.07, 6.45) is 3.54. The number of aromatic nitrogens is 2. The van der Waals surface area contributed by atoms with E-state index < -0.39 is 0 Å². The molecule has 0 spiro atoms. The molecule has 0 atom stereocenters. The van der Waals surface area contributed by atoms with E-state index in [1.807, 2.05) is 42.6 Å². The fourth-order valence-electron chi connectivity index (χ4n) is 2.84. The van der Waals surface area contributed by atoms with Crippen LogP contribution in [-0.4, -0.2) is 15.3 Å². The number of fused-ring (bicyclic) bond motifs is 1. The second-order valence-corrected chi connectivity index (χ2v) is 6.30. The molecule has 0 bridgehead atoms. The Kier molecular flexibility index (Phi) is 5.01.